The van der Waals surface area contributed by atoms with Gasteiger partial charge in [0.25, 0.3) is 0 Å². The largest absolute Gasteiger partial charge is 0.496 e. The fraction of sp³-hybridized carbons (Fsp3) is 0.143. The number of aromatic nitrogens is 1. The number of rotatable bonds is 4. The lowest BCUT2D eigenvalue weighted by Crippen LogP contribution is -2.03. The van der Waals surface area contributed by atoms with Crippen LogP contribution in [0.1, 0.15) is 10.4 Å². The summed E-state index contributed by atoms with van der Waals surface area (Å²) in [5, 5.41) is 9.12. The van der Waals surface area contributed by atoms with Crippen LogP contribution < -0.4 is 9.47 Å². The van der Waals surface area contributed by atoms with Gasteiger partial charge < -0.3 is 14.6 Å². The van der Waals surface area contributed by atoms with Gasteiger partial charge in [0.1, 0.15) is 17.1 Å². The van der Waals surface area contributed by atoms with Crippen molar-refractivity contribution in [3.05, 3.63) is 41.8 Å². The maximum atomic E-state index is 13.4. The molecule has 1 N–H and O–H groups in total. The van der Waals surface area contributed by atoms with E-state index in [1.807, 2.05) is 0 Å². The average Bonchev–Trinajstić information content (AvgIpc) is 2.46. The molecule has 0 saturated carbocycles. The maximum Gasteiger partial charge on any atom is 0.341 e. The van der Waals surface area contributed by atoms with Gasteiger partial charge in [-0.15, -0.1) is 0 Å². The third-order valence-corrected chi connectivity index (χ3v) is 2.75. The summed E-state index contributed by atoms with van der Waals surface area (Å²) in [5.74, 6) is -1.20. The van der Waals surface area contributed by atoms with Crippen molar-refractivity contribution >= 4 is 5.97 Å². The van der Waals surface area contributed by atoms with Gasteiger partial charge in [-0.2, -0.15) is 0 Å². The zero-order valence-corrected chi connectivity index (χ0v) is 10.9. The van der Waals surface area contributed by atoms with Gasteiger partial charge in [-0.3, -0.25) is 0 Å². The quantitative estimate of drug-likeness (QED) is 0.930. The molecule has 0 spiro atoms. The highest BCUT2D eigenvalue weighted by Gasteiger charge is 2.16. The van der Waals surface area contributed by atoms with E-state index in [-0.39, 0.29) is 11.4 Å². The topological polar surface area (TPSA) is 68.7 Å². The number of ether oxygens (including phenoxy) is 2. The van der Waals surface area contributed by atoms with Crippen LogP contribution in [0.2, 0.25) is 0 Å². The van der Waals surface area contributed by atoms with Crippen molar-refractivity contribution in [3.63, 3.8) is 0 Å². The van der Waals surface area contributed by atoms with Crippen LogP contribution in [-0.2, 0) is 0 Å². The van der Waals surface area contributed by atoms with E-state index < -0.39 is 11.8 Å². The zero-order chi connectivity index (χ0) is 14.7. The lowest BCUT2D eigenvalue weighted by Gasteiger charge is -2.10. The van der Waals surface area contributed by atoms with E-state index in [2.05, 4.69) is 4.98 Å². The van der Waals surface area contributed by atoms with Crippen LogP contribution in [-0.4, -0.2) is 30.3 Å². The second-order valence-electron chi connectivity index (χ2n) is 3.93. The van der Waals surface area contributed by atoms with E-state index in [0.29, 0.717) is 16.9 Å². The Morgan fingerprint density at radius 1 is 1.25 bits per heavy atom. The van der Waals surface area contributed by atoms with Gasteiger partial charge in [0, 0.05) is 17.3 Å². The fourth-order valence-corrected chi connectivity index (χ4v) is 1.82. The molecule has 0 unspecified atom stereocenters. The van der Waals surface area contributed by atoms with Crippen molar-refractivity contribution in [1.29, 1.82) is 0 Å². The molecule has 1 aromatic heterocycles. The molecule has 0 amide bonds. The van der Waals surface area contributed by atoms with Crippen molar-refractivity contribution in [2.45, 2.75) is 0 Å². The first kappa shape index (κ1) is 13.8. The summed E-state index contributed by atoms with van der Waals surface area (Å²) in [4.78, 5) is 15.1. The van der Waals surface area contributed by atoms with Crippen molar-refractivity contribution in [1.82, 2.24) is 4.98 Å². The van der Waals surface area contributed by atoms with Crippen molar-refractivity contribution in [3.8, 4) is 22.8 Å². The first-order valence-corrected chi connectivity index (χ1v) is 5.68. The highest BCUT2D eigenvalue weighted by atomic mass is 19.1. The third-order valence-electron chi connectivity index (χ3n) is 2.75. The number of hydrogen-bond donors (Lipinski definition) is 1. The Kier molecular flexibility index (Phi) is 3.84. The summed E-state index contributed by atoms with van der Waals surface area (Å²) in [6.07, 6.45) is 1.41. The number of carboxylic acid groups (broad SMARTS) is 1. The van der Waals surface area contributed by atoms with Crippen LogP contribution in [0.25, 0.3) is 11.1 Å². The monoisotopic (exact) mass is 277 g/mol. The molecule has 0 atom stereocenters. The molecule has 2 rings (SSSR count). The SMILES string of the molecule is COc1ccc(F)cc1-c1cnc(OC)c(C(=O)O)c1. The van der Waals surface area contributed by atoms with E-state index in [0.717, 1.165) is 0 Å². The van der Waals surface area contributed by atoms with Gasteiger partial charge in [-0.1, -0.05) is 0 Å². The minimum absolute atomic E-state index is 0.00313. The van der Waals surface area contributed by atoms with Crippen LogP contribution in [0.5, 0.6) is 11.6 Å². The van der Waals surface area contributed by atoms with Crippen LogP contribution in [0.4, 0.5) is 4.39 Å². The molecule has 0 aliphatic carbocycles. The van der Waals surface area contributed by atoms with Crippen molar-refractivity contribution in [2.75, 3.05) is 14.2 Å². The minimum Gasteiger partial charge on any atom is -0.496 e. The van der Waals surface area contributed by atoms with E-state index >= 15 is 0 Å². The third kappa shape index (κ3) is 2.54. The van der Waals surface area contributed by atoms with Crippen LogP contribution in [0.15, 0.2) is 30.5 Å². The molecule has 2 aromatic rings. The van der Waals surface area contributed by atoms with Gasteiger partial charge in [0.15, 0.2) is 0 Å². The van der Waals surface area contributed by atoms with Gasteiger partial charge in [-0.05, 0) is 24.3 Å². The number of carboxylic acids is 1. The Labute approximate surface area is 114 Å². The molecule has 0 radical (unpaired) electrons. The van der Waals surface area contributed by atoms with Crippen LogP contribution >= 0.6 is 0 Å². The number of methoxy groups -OCH3 is 2. The molecule has 20 heavy (non-hydrogen) atoms. The molecule has 0 fully saturated rings. The summed E-state index contributed by atoms with van der Waals surface area (Å²) in [6.45, 7) is 0. The molecule has 6 heteroatoms. The summed E-state index contributed by atoms with van der Waals surface area (Å²) >= 11 is 0. The maximum absolute atomic E-state index is 13.4. The van der Waals surface area contributed by atoms with E-state index in [1.54, 1.807) is 0 Å². The fourth-order valence-electron chi connectivity index (χ4n) is 1.82. The van der Waals surface area contributed by atoms with Gasteiger partial charge >= 0.3 is 5.97 Å². The Morgan fingerprint density at radius 3 is 2.60 bits per heavy atom. The van der Waals surface area contributed by atoms with Crippen molar-refractivity contribution in [2.24, 2.45) is 0 Å². The van der Waals surface area contributed by atoms with E-state index in [1.165, 1.54) is 44.7 Å². The number of carbonyl (C=O) groups is 1. The smallest absolute Gasteiger partial charge is 0.341 e. The van der Waals surface area contributed by atoms with Gasteiger partial charge in [0.2, 0.25) is 5.88 Å². The molecular formula is C14H12FNO4. The number of halogens is 1. The predicted molar refractivity (Wildman–Crippen MR) is 69.7 cm³/mol. The lowest BCUT2D eigenvalue weighted by molar-refractivity contribution is 0.0692. The molecule has 0 aliphatic rings. The second kappa shape index (κ2) is 5.56. The molecule has 104 valence electrons. The summed E-state index contributed by atoms with van der Waals surface area (Å²) < 4.78 is 23.4. The standard InChI is InChI=1S/C14H12FNO4/c1-19-12-4-3-9(15)6-10(12)8-5-11(14(17)18)13(20-2)16-7-8/h3-7H,1-2H3,(H,17,18). The van der Waals surface area contributed by atoms with Gasteiger partial charge in [0.05, 0.1) is 14.2 Å². The Bertz CT molecular complexity index is 658. The molecule has 0 saturated heterocycles. The summed E-state index contributed by atoms with van der Waals surface area (Å²) in [6, 6.07) is 5.35. The normalized spacial score (nSPS) is 10.2. The summed E-state index contributed by atoms with van der Waals surface area (Å²) in [5.41, 5.74) is 0.751. The van der Waals surface area contributed by atoms with Gasteiger partial charge in [-0.25, -0.2) is 14.2 Å². The van der Waals surface area contributed by atoms with E-state index in [9.17, 15) is 9.18 Å². The molecule has 0 bridgehead atoms. The zero-order valence-electron chi connectivity index (χ0n) is 10.9. The Balaban J connectivity index is 2.61. The minimum atomic E-state index is -1.17. The first-order chi connectivity index (χ1) is 9.56. The molecule has 5 nitrogen and oxygen atoms in total. The highest BCUT2D eigenvalue weighted by molar-refractivity contribution is 5.92. The van der Waals surface area contributed by atoms with Crippen LogP contribution in [0.3, 0.4) is 0 Å². The number of nitrogens with zero attached hydrogens (tertiary/aromatic N) is 1. The Hall–Kier alpha value is -2.63. The molecule has 1 heterocycles. The van der Waals surface area contributed by atoms with E-state index in [4.69, 9.17) is 14.6 Å². The Morgan fingerprint density at radius 2 is 2.00 bits per heavy atom. The number of benzene rings is 1. The lowest BCUT2D eigenvalue weighted by atomic mass is 10.0. The average molecular weight is 277 g/mol. The molecular weight excluding hydrogens is 265 g/mol. The first-order valence-electron chi connectivity index (χ1n) is 5.68. The number of pyridine rings is 1. The number of hydrogen-bond acceptors (Lipinski definition) is 4. The van der Waals surface area contributed by atoms with Crippen molar-refractivity contribution < 1.29 is 23.8 Å². The highest BCUT2D eigenvalue weighted by Crippen LogP contribution is 2.32. The predicted octanol–water partition coefficient (Wildman–Crippen LogP) is 2.60. The molecule has 0 aliphatic heterocycles. The van der Waals surface area contributed by atoms with Crippen LogP contribution in [0, 0.1) is 5.82 Å². The number of aromatic carboxylic acids is 1. The molecule has 1 aromatic carbocycles. The second-order valence-corrected chi connectivity index (χ2v) is 3.93. The summed E-state index contributed by atoms with van der Waals surface area (Å²) in [7, 11) is 2.78.